The maximum Gasteiger partial charge on any atom is 0.272 e. The molecule has 13 heteroatoms. The lowest BCUT2D eigenvalue weighted by atomic mass is 9.83. The number of aromatic nitrogens is 9. The van der Waals surface area contributed by atoms with Crippen LogP contribution in [0.1, 0.15) is 65.5 Å². The number of hydrogen-bond donors (Lipinski definition) is 4. The van der Waals surface area contributed by atoms with E-state index in [1.54, 1.807) is 17.2 Å². The van der Waals surface area contributed by atoms with E-state index in [-0.39, 0.29) is 42.5 Å². The molecule has 0 bridgehead atoms. The molecule has 0 fully saturated rings. The predicted molar refractivity (Wildman–Crippen MR) is 205 cm³/mol. The lowest BCUT2D eigenvalue weighted by Crippen LogP contribution is -2.29. The Labute approximate surface area is 303 Å². The van der Waals surface area contributed by atoms with E-state index in [0.29, 0.717) is 10.8 Å². The highest BCUT2D eigenvalue weighted by Crippen LogP contribution is 2.47. The van der Waals surface area contributed by atoms with Gasteiger partial charge in [-0.1, -0.05) is 80.2 Å². The van der Waals surface area contributed by atoms with E-state index >= 15 is 0 Å². The van der Waals surface area contributed by atoms with Gasteiger partial charge in [-0.25, -0.2) is 20.2 Å². The van der Waals surface area contributed by atoms with E-state index in [2.05, 4.69) is 70.4 Å². The van der Waals surface area contributed by atoms with E-state index in [4.69, 9.17) is 0 Å². The third-order valence-electron chi connectivity index (χ3n) is 10.0. The minimum absolute atomic E-state index is 0. The minimum atomic E-state index is -0.192. The third kappa shape index (κ3) is 5.53. The molecular weight excluding hydrogens is 667 g/mol. The summed E-state index contributed by atoms with van der Waals surface area (Å²) < 4.78 is 3.77. The second kappa shape index (κ2) is 13.3. The largest absolute Gasteiger partial charge is 0.377 e. The zero-order valence-electron chi connectivity index (χ0n) is 28.2. The Balaban J connectivity index is 0.000000148. The fourth-order valence-corrected chi connectivity index (χ4v) is 7.68. The summed E-state index contributed by atoms with van der Waals surface area (Å²) in [6, 6.07) is 31.8. The van der Waals surface area contributed by atoms with Crippen molar-refractivity contribution in [3.8, 4) is 0 Å². The number of hydrogen-bond acceptors (Lipinski definition) is 9. The summed E-state index contributed by atoms with van der Waals surface area (Å²) in [5, 5.41) is 28.6. The van der Waals surface area contributed by atoms with Gasteiger partial charge in [-0.2, -0.15) is 15.3 Å². The summed E-state index contributed by atoms with van der Waals surface area (Å²) in [5.41, 5.74) is 5.38. The first kappa shape index (κ1) is 33.3. The van der Waals surface area contributed by atoms with Crippen LogP contribution in [0.2, 0.25) is 0 Å². The molecule has 6 heterocycles. The number of nitrogens with one attached hydrogen (secondary N) is 4. The van der Waals surface area contributed by atoms with E-state index in [9.17, 15) is 9.59 Å². The van der Waals surface area contributed by atoms with E-state index in [1.807, 2.05) is 97.7 Å². The van der Waals surface area contributed by atoms with Crippen LogP contribution in [-0.2, 0) is 14.1 Å². The molecule has 53 heavy (non-hydrogen) atoms. The molecule has 10 rings (SSSR count). The van der Waals surface area contributed by atoms with Gasteiger partial charge in [-0.15, -0.1) is 0 Å². The van der Waals surface area contributed by atoms with Gasteiger partial charge in [0.2, 0.25) is 0 Å². The predicted octanol–water partition coefficient (Wildman–Crippen LogP) is 5.94. The molecule has 0 aliphatic carbocycles. The number of nitrogens with zero attached hydrogens (tertiary/aromatic N) is 7. The van der Waals surface area contributed by atoms with Crippen LogP contribution < -0.4 is 21.8 Å². The average molecular weight is 704 g/mol. The van der Waals surface area contributed by atoms with Crippen LogP contribution in [0.25, 0.3) is 21.5 Å². The van der Waals surface area contributed by atoms with Crippen molar-refractivity contribution in [2.45, 2.75) is 31.3 Å². The zero-order chi connectivity index (χ0) is 35.3. The van der Waals surface area contributed by atoms with E-state index < -0.39 is 0 Å². The van der Waals surface area contributed by atoms with Gasteiger partial charge in [-0.05, 0) is 35.4 Å². The van der Waals surface area contributed by atoms with Gasteiger partial charge in [0.05, 0.1) is 46.1 Å². The van der Waals surface area contributed by atoms with Gasteiger partial charge in [0.25, 0.3) is 11.1 Å². The minimum Gasteiger partial charge on any atom is -0.377 e. The van der Waals surface area contributed by atoms with Crippen LogP contribution in [-0.4, -0.2) is 44.7 Å². The molecule has 4 unspecified atom stereocenters. The number of benzene rings is 4. The molecule has 0 saturated heterocycles. The summed E-state index contributed by atoms with van der Waals surface area (Å²) in [6.45, 7) is 0. The van der Waals surface area contributed by atoms with Crippen molar-refractivity contribution in [2.24, 2.45) is 14.1 Å². The van der Waals surface area contributed by atoms with Crippen molar-refractivity contribution in [3.05, 3.63) is 171 Å². The van der Waals surface area contributed by atoms with Gasteiger partial charge in [0.15, 0.2) is 0 Å². The highest BCUT2D eigenvalue weighted by molar-refractivity contribution is 5.98. The first-order valence-corrected chi connectivity index (χ1v) is 16.9. The smallest absolute Gasteiger partial charge is 0.272 e. The third-order valence-corrected chi connectivity index (χ3v) is 10.0. The number of aromatic amines is 2. The summed E-state index contributed by atoms with van der Waals surface area (Å²) in [5.74, 6) is 1.40. The molecule has 0 saturated carbocycles. The Kier molecular flexibility index (Phi) is 8.37. The van der Waals surface area contributed by atoms with Gasteiger partial charge in [0, 0.05) is 48.6 Å². The number of H-pyrrole nitrogens is 2. The molecule has 4 aromatic heterocycles. The molecule has 0 spiro atoms. The van der Waals surface area contributed by atoms with Gasteiger partial charge in [-0.3, -0.25) is 14.3 Å². The van der Waals surface area contributed by atoms with Crippen molar-refractivity contribution >= 4 is 32.9 Å². The van der Waals surface area contributed by atoms with Crippen LogP contribution in [0.4, 0.5) is 11.4 Å². The average Bonchev–Trinajstić information content (AvgIpc) is 3.82. The Hall–Kier alpha value is -6.89. The monoisotopic (exact) mass is 703 g/mol. The SMILES string of the molecule is C.Cn1ccnc1C1c2n[nH]c(=O)c3cccc(c23)NC1c1ccccc1.Cn1ncnc1C1c2n[nH]c(=O)c3cccc(c23)NC1c1ccccc1. The normalized spacial score (nSPS) is 18.3. The van der Waals surface area contributed by atoms with Crippen molar-refractivity contribution in [3.63, 3.8) is 0 Å². The molecule has 4 atom stereocenters. The second-order valence-electron chi connectivity index (χ2n) is 13.0. The molecule has 2 aliphatic heterocycles. The van der Waals surface area contributed by atoms with Gasteiger partial charge >= 0.3 is 0 Å². The number of rotatable bonds is 4. The van der Waals surface area contributed by atoms with Crippen LogP contribution in [0.3, 0.4) is 0 Å². The quantitative estimate of drug-likeness (QED) is 0.174. The molecule has 8 aromatic rings. The summed E-state index contributed by atoms with van der Waals surface area (Å²) in [4.78, 5) is 33.6. The maximum absolute atomic E-state index is 12.3. The molecule has 4 aromatic carbocycles. The van der Waals surface area contributed by atoms with Crippen LogP contribution in [0.15, 0.2) is 125 Å². The topological polar surface area (TPSA) is 164 Å². The Morgan fingerprint density at radius 2 is 1.11 bits per heavy atom. The van der Waals surface area contributed by atoms with E-state index in [0.717, 1.165) is 56.3 Å². The second-order valence-corrected chi connectivity index (χ2v) is 13.0. The maximum atomic E-state index is 12.3. The van der Waals surface area contributed by atoms with Crippen LogP contribution in [0.5, 0.6) is 0 Å². The number of aryl methyl sites for hydroxylation is 2. The lowest BCUT2D eigenvalue weighted by Gasteiger charge is -2.34. The Bertz CT molecular complexity index is 2510. The molecule has 2 aliphatic rings. The highest BCUT2D eigenvalue weighted by Gasteiger charge is 2.38. The fraction of sp³-hybridized carbons (Fsp3) is 0.175. The highest BCUT2D eigenvalue weighted by atomic mass is 16.1. The summed E-state index contributed by atoms with van der Waals surface area (Å²) in [7, 11) is 3.85. The molecule has 4 N–H and O–H groups in total. The number of anilines is 2. The molecule has 13 nitrogen and oxygen atoms in total. The first-order chi connectivity index (χ1) is 25.5. The molecular formula is C40H37N11O2. The van der Waals surface area contributed by atoms with Crippen molar-refractivity contribution in [1.82, 2.24) is 44.7 Å². The Morgan fingerprint density at radius 3 is 1.57 bits per heavy atom. The van der Waals surface area contributed by atoms with Crippen molar-refractivity contribution in [2.75, 3.05) is 10.6 Å². The van der Waals surface area contributed by atoms with E-state index in [1.165, 1.54) is 0 Å². The zero-order valence-corrected chi connectivity index (χ0v) is 28.2. The molecule has 0 amide bonds. The van der Waals surface area contributed by atoms with Crippen molar-refractivity contribution in [1.29, 1.82) is 0 Å². The summed E-state index contributed by atoms with van der Waals surface area (Å²) >= 11 is 0. The summed E-state index contributed by atoms with van der Waals surface area (Å²) in [6.07, 6.45) is 5.27. The van der Waals surface area contributed by atoms with Crippen LogP contribution in [0, 0.1) is 0 Å². The molecule has 0 radical (unpaired) electrons. The van der Waals surface area contributed by atoms with Crippen LogP contribution >= 0.6 is 0 Å². The standard InChI is InChI=1S/C20H17N5O.C19H16N6O.CH4/c1-25-11-10-21-19(25)16-17(12-6-3-2-4-7-12)22-14-9-5-8-13-15(14)18(16)23-24-20(13)26;1-25-18(20-10-21-25)15-16(11-6-3-2-4-7-11)22-13-9-5-8-12-14(13)17(15)23-24-19(12)26;/h2-11,16-17,22H,1H3,(H,24,26);2-10,15-16,22H,1H3,(H,24,26);1H4. The molecule has 264 valence electrons. The first-order valence-electron chi connectivity index (χ1n) is 16.9. The van der Waals surface area contributed by atoms with Gasteiger partial charge < -0.3 is 15.2 Å². The fourth-order valence-electron chi connectivity index (χ4n) is 7.68. The Morgan fingerprint density at radius 1 is 0.604 bits per heavy atom. The number of imidazole rings is 1. The van der Waals surface area contributed by atoms with Crippen molar-refractivity contribution < 1.29 is 0 Å². The van der Waals surface area contributed by atoms with Gasteiger partial charge in [0.1, 0.15) is 18.0 Å². The lowest BCUT2D eigenvalue weighted by molar-refractivity contribution is 0.566.